The molecule has 0 spiro atoms. The highest BCUT2D eigenvalue weighted by Crippen LogP contribution is 2.13. The first-order valence-electron chi connectivity index (χ1n) is 3.83. The Bertz CT molecular complexity index is 479. The molecule has 0 bridgehead atoms. The van der Waals surface area contributed by atoms with E-state index in [-0.39, 0.29) is 5.56 Å². The molecule has 2 heterocycles. The van der Waals surface area contributed by atoms with Crippen LogP contribution >= 0.6 is 0 Å². The molecule has 2 aromatic rings. The third-order valence-corrected chi connectivity index (χ3v) is 2.10. The maximum absolute atomic E-state index is 11.3. The van der Waals surface area contributed by atoms with Crippen LogP contribution in [0.2, 0.25) is 0 Å². The number of fused-ring (bicyclic) bond motifs is 1. The molecule has 62 valence electrons. The summed E-state index contributed by atoms with van der Waals surface area (Å²) in [5.41, 5.74) is 2.00. The second-order valence-corrected chi connectivity index (χ2v) is 2.99. The van der Waals surface area contributed by atoms with Gasteiger partial charge in [0.15, 0.2) is 0 Å². The van der Waals surface area contributed by atoms with Crippen molar-refractivity contribution in [2.75, 3.05) is 0 Å². The lowest BCUT2D eigenvalue weighted by atomic mass is 10.2. The molecule has 2 aromatic heterocycles. The van der Waals surface area contributed by atoms with Crippen LogP contribution in [0.1, 0.15) is 5.56 Å². The van der Waals surface area contributed by atoms with Gasteiger partial charge in [0.05, 0.1) is 10.9 Å². The van der Waals surface area contributed by atoms with E-state index < -0.39 is 0 Å². The average Bonchev–Trinajstić information content (AvgIpc) is 2.29. The van der Waals surface area contributed by atoms with Gasteiger partial charge < -0.3 is 9.55 Å². The second-order valence-electron chi connectivity index (χ2n) is 2.99. The van der Waals surface area contributed by atoms with Crippen LogP contribution in [-0.4, -0.2) is 9.55 Å². The first-order chi connectivity index (χ1) is 5.70. The van der Waals surface area contributed by atoms with E-state index in [1.54, 1.807) is 6.20 Å². The first-order valence-corrected chi connectivity index (χ1v) is 3.83. The summed E-state index contributed by atoms with van der Waals surface area (Å²) in [7, 11) is 1.94. The first kappa shape index (κ1) is 7.16. The number of H-pyrrole nitrogens is 1. The maximum atomic E-state index is 11.3. The Labute approximate surface area is 69.6 Å². The molecule has 0 saturated heterocycles. The van der Waals surface area contributed by atoms with Gasteiger partial charge in [0.25, 0.3) is 5.56 Å². The molecule has 0 aromatic carbocycles. The Hall–Kier alpha value is -1.51. The summed E-state index contributed by atoms with van der Waals surface area (Å²) in [5, 5.41) is 0.792. The molecule has 0 radical (unpaired) electrons. The molecule has 0 aliphatic heterocycles. The number of nitrogens with zero attached hydrogens (tertiary/aromatic N) is 1. The van der Waals surface area contributed by atoms with E-state index in [1.165, 1.54) is 0 Å². The quantitative estimate of drug-likeness (QED) is 0.620. The number of hydrogen-bond acceptors (Lipinski definition) is 1. The zero-order valence-corrected chi connectivity index (χ0v) is 7.09. The second kappa shape index (κ2) is 2.24. The van der Waals surface area contributed by atoms with Gasteiger partial charge in [-0.2, -0.15) is 0 Å². The summed E-state index contributed by atoms with van der Waals surface area (Å²) in [6.45, 7) is 1.94. The molecule has 0 aliphatic rings. The summed E-state index contributed by atoms with van der Waals surface area (Å²) >= 11 is 0. The normalized spacial score (nSPS) is 10.8. The predicted octanol–water partition coefficient (Wildman–Crippen LogP) is 1.18. The van der Waals surface area contributed by atoms with Crippen LogP contribution in [-0.2, 0) is 7.05 Å². The van der Waals surface area contributed by atoms with Crippen molar-refractivity contribution in [3.05, 3.63) is 34.4 Å². The Balaban J connectivity index is 3.09. The monoisotopic (exact) mass is 162 g/mol. The van der Waals surface area contributed by atoms with E-state index in [2.05, 4.69) is 4.98 Å². The lowest BCUT2D eigenvalue weighted by Gasteiger charge is -1.92. The summed E-state index contributed by atoms with van der Waals surface area (Å²) < 4.78 is 1.96. The van der Waals surface area contributed by atoms with Gasteiger partial charge in [-0.15, -0.1) is 0 Å². The van der Waals surface area contributed by atoms with Gasteiger partial charge in [-0.05, 0) is 18.6 Å². The van der Waals surface area contributed by atoms with Gasteiger partial charge in [0.2, 0.25) is 0 Å². The van der Waals surface area contributed by atoms with Crippen LogP contribution in [0.15, 0.2) is 23.3 Å². The smallest absolute Gasteiger partial charge is 0.257 e. The number of aromatic amines is 1. The predicted molar refractivity (Wildman–Crippen MR) is 48.3 cm³/mol. The van der Waals surface area contributed by atoms with E-state index in [4.69, 9.17) is 0 Å². The molecule has 0 amide bonds. The number of pyridine rings is 1. The highest BCUT2D eigenvalue weighted by molar-refractivity contribution is 5.82. The molecular weight excluding hydrogens is 152 g/mol. The van der Waals surface area contributed by atoms with Crippen LogP contribution in [0.25, 0.3) is 10.9 Å². The van der Waals surface area contributed by atoms with Gasteiger partial charge in [0.1, 0.15) is 0 Å². The molecule has 3 nitrogen and oxygen atoms in total. The van der Waals surface area contributed by atoms with Crippen LogP contribution in [0.3, 0.4) is 0 Å². The van der Waals surface area contributed by atoms with Crippen molar-refractivity contribution in [3.8, 4) is 0 Å². The van der Waals surface area contributed by atoms with E-state index in [9.17, 15) is 4.79 Å². The zero-order valence-electron chi connectivity index (χ0n) is 7.09. The summed E-state index contributed by atoms with van der Waals surface area (Å²) in [6.07, 6.45) is 3.63. The van der Waals surface area contributed by atoms with Gasteiger partial charge >= 0.3 is 0 Å². The van der Waals surface area contributed by atoms with Gasteiger partial charge in [0, 0.05) is 19.4 Å². The zero-order chi connectivity index (χ0) is 8.72. The largest absolute Gasteiger partial charge is 0.350 e. The standard InChI is InChI=1S/C9H10N2O/c1-6-5-11(2)7-3-4-10-9(12)8(6)7/h3-5H,1-2H3,(H,10,12). The number of aryl methyl sites for hydroxylation is 2. The van der Waals surface area contributed by atoms with Crippen LogP contribution in [0, 0.1) is 6.92 Å². The van der Waals surface area contributed by atoms with Crippen molar-refractivity contribution < 1.29 is 0 Å². The van der Waals surface area contributed by atoms with Crippen LogP contribution in [0.4, 0.5) is 0 Å². The average molecular weight is 162 g/mol. The molecule has 0 unspecified atom stereocenters. The summed E-state index contributed by atoms with van der Waals surface area (Å²) in [4.78, 5) is 14.0. The Morgan fingerprint density at radius 1 is 1.50 bits per heavy atom. The highest BCUT2D eigenvalue weighted by Gasteiger charge is 2.04. The summed E-state index contributed by atoms with van der Waals surface area (Å²) in [5.74, 6) is 0. The molecule has 0 saturated carbocycles. The molecule has 3 heteroatoms. The topological polar surface area (TPSA) is 37.8 Å². The van der Waals surface area contributed by atoms with Gasteiger partial charge in [-0.3, -0.25) is 4.79 Å². The Morgan fingerprint density at radius 2 is 2.25 bits per heavy atom. The van der Waals surface area contributed by atoms with Gasteiger partial charge in [-0.25, -0.2) is 0 Å². The fourth-order valence-electron chi connectivity index (χ4n) is 1.57. The van der Waals surface area contributed by atoms with Crippen molar-refractivity contribution in [3.63, 3.8) is 0 Å². The molecule has 1 N–H and O–H groups in total. The molecular formula is C9H10N2O. The minimum atomic E-state index is -0.00870. The van der Waals surface area contributed by atoms with Crippen molar-refractivity contribution in [1.29, 1.82) is 0 Å². The molecule has 0 fully saturated rings. The van der Waals surface area contributed by atoms with Crippen molar-refractivity contribution in [1.82, 2.24) is 9.55 Å². The summed E-state index contributed by atoms with van der Waals surface area (Å²) in [6, 6.07) is 1.91. The number of aromatic nitrogens is 2. The Morgan fingerprint density at radius 3 is 2.92 bits per heavy atom. The van der Waals surface area contributed by atoms with Crippen molar-refractivity contribution in [2.24, 2.45) is 7.05 Å². The molecule has 12 heavy (non-hydrogen) atoms. The van der Waals surface area contributed by atoms with Crippen molar-refractivity contribution in [2.45, 2.75) is 6.92 Å². The van der Waals surface area contributed by atoms with Crippen LogP contribution < -0.4 is 5.56 Å². The van der Waals surface area contributed by atoms with E-state index >= 15 is 0 Å². The molecule has 2 rings (SSSR count). The van der Waals surface area contributed by atoms with E-state index in [0.29, 0.717) is 0 Å². The lowest BCUT2D eigenvalue weighted by molar-refractivity contribution is 0.963. The fourth-order valence-corrected chi connectivity index (χ4v) is 1.57. The van der Waals surface area contributed by atoms with E-state index in [1.807, 2.05) is 30.8 Å². The lowest BCUT2D eigenvalue weighted by Crippen LogP contribution is -2.04. The van der Waals surface area contributed by atoms with Gasteiger partial charge in [-0.1, -0.05) is 0 Å². The molecule has 0 atom stereocenters. The third-order valence-electron chi connectivity index (χ3n) is 2.10. The minimum absolute atomic E-state index is 0.00870. The van der Waals surface area contributed by atoms with Crippen LogP contribution in [0.5, 0.6) is 0 Å². The Kier molecular flexibility index (Phi) is 1.33. The number of nitrogens with one attached hydrogen (secondary N) is 1. The third kappa shape index (κ3) is 0.794. The molecule has 0 aliphatic carbocycles. The minimum Gasteiger partial charge on any atom is -0.350 e. The fraction of sp³-hybridized carbons (Fsp3) is 0.222. The number of hydrogen-bond donors (Lipinski definition) is 1. The van der Waals surface area contributed by atoms with Crippen molar-refractivity contribution >= 4 is 10.9 Å². The maximum Gasteiger partial charge on any atom is 0.257 e. The SMILES string of the molecule is Cc1cn(C)c2cc[nH]c(=O)c12. The number of rotatable bonds is 0. The highest BCUT2D eigenvalue weighted by atomic mass is 16.1. The van der Waals surface area contributed by atoms with E-state index in [0.717, 1.165) is 16.5 Å².